The van der Waals surface area contributed by atoms with Crippen molar-refractivity contribution >= 4 is 18.5 Å². The largest absolute Gasteiger partial charge is 0.494 e. The van der Waals surface area contributed by atoms with Crippen LogP contribution in [0.15, 0.2) is 18.2 Å². The zero-order valence-corrected chi connectivity index (χ0v) is 13.7. The van der Waals surface area contributed by atoms with E-state index >= 15 is 0 Å². The first-order valence-electron chi connectivity index (χ1n) is 7.32. The van der Waals surface area contributed by atoms with Crippen molar-refractivity contribution in [2.24, 2.45) is 0 Å². The molecule has 0 unspecified atom stereocenters. The van der Waals surface area contributed by atoms with E-state index in [4.69, 9.17) is 9.31 Å². The number of carbonyl (C=O) groups excluding carboxylic acids is 1. The van der Waals surface area contributed by atoms with Crippen LogP contribution >= 0.6 is 0 Å². The quantitative estimate of drug-likeness (QED) is 0.865. The zero-order valence-electron chi connectivity index (χ0n) is 13.7. The summed E-state index contributed by atoms with van der Waals surface area (Å²) in [7, 11) is -0.369. The number of benzene rings is 1. The molecule has 5 heteroatoms. The second-order valence-electron chi connectivity index (χ2n) is 6.68. The van der Waals surface area contributed by atoms with Crippen LogP contribution in [0.3, 0.4) is 0 Å². The number of aryl methyl sites for hydroxylation is 1. The van der Waals surface area contributed by atoms with E-state index < -0.39 is 0 Å². The van der Waals surface area contributed by atoms with E-state index in [0.717, 1.165) is 16.6 Å². The van der Waals surface area contributed by atoms with Crippen LogP contribution in [-0.4, -0.2) is 24.2 Å². The Bertz CT molecular complexity index is 538. The molecule has 1 fully saturated rings. The van der Waals surface area contributed by atoms with Crippen molar-refractivity contribution in [1.82, 2.24) is 5.32 Å². The lowest BCUT2D eigenvalue weighted by molar-refractivity contribution is -0.119. The molecule has 0 saturated carbocycles. The molecule has 21 heavy (non-hydrogen) atoms. The van der Waals surface area contributed by atoms with Crippen LogP contribution in [0.4, 0.5) is 0 Å². The van der Waals surface area contributed by atoms with E-state index in [9.17, 15) is 4.79 Å². The Morgan fingerprint density at radius 2 is 1.76 bits per heavy atom. The Labute approximate surface area is 127 Å². The van der Waals surface area contributed by atoms with Crippen molar-refractivity contribution in [2.45, 2.75) is 59.3 Å². The maximum absolute atomic E-state index is 11.1. The van der Waals surface area contributed by atoms with Gasteiger partial charge in [-0.3, -0.25) is 4.79 Å². The summed E-state index contributed by atoms with van der Waals surface area (Å²) in [5, 5.41) is 2.83. The van der Waals surface area contributed by atoms with E-state index in [1.54, 1.807) is 0 Å². The molecule has 0 aliphatic carbocycles. The maximum Gasteiger partial charge on any atom is 0.494 e. The fourth-order valence-corrected chi connectivity index (χ4v) is 2.23. The van der Waals surface area contributed by atoms with Crippen LogP contribution in [0.25, 0.3) is 0 Å². The molecule has 2 rings (SSSR count). The zero-order chi connectivity index (χ0) is 15.8. The molecule has 0 radical (unpaired) electrons. The van der Waals surface area contributed by atoms with Crippen molar-refractivity contribution < 1.29 is 14.1 Å². The summed E-state index contributed by atoms with van der Waals surface area (Å²) < 4.78 is 12.1. The van der Waals surface area contributed by atoms with Gasteiger partial charge >= 0.3 is 7.12 Å². The van der Waals surface area contributed by atoms with E-state index in [-0.39, 0.29) is 24.2 Å². The molecule has 1 aliphatic heterocycles. The molecule has 1 N–H and O–H groups in total. The Morgan fingerprint density at radius 3 is 2.29 bits per heavy atom. The van der Waals surface area contributed by atoms with Gasteiger partial charge in [-0.1, -0.05) is 18.2 Å². The fraction of sp³-hybridized carbons (Fsp3) is 0.562. The van der Waals surface area contributed by atoms with Crippen molar-refractivity contribution in [2.75, 3.05) is 0 Å². The number of hydrogen-bond donors (Lipinski definition) is 1. The lowest BCUT2D eigenvalue weighted by atomic mass is 9.78. The molecule has 1 aliphatic rings. The minimum absolute atomic E-state index is 0.0320. The molecule has 1 amide bonds. The van der Waals surface area contributed by atoms with Gasteiger partial charge in [-0.2, -0.15) is 0 Å². The molecule has 0 spiro atoms. The highest BCUT2D eigenvalue weighted by molar-refractivity contribution is 6.62. The van der Waals surface area contributed by atoms with E-state index in [1.807, 2.05) is 52.8 Å². The van der Waals surface area contributed by atoms with Gasteiger partial charge in [0.15, 0.2) is 0 Å². The Kier molecular flexibility index (Phi) is 4.18. The third-order valence-corrected chi connectivity index (χ3v) is 4.43. The van der Waals surface area contributed by atoms with Crippen molar-refractivity contribution in [3.8, 4) is 0 Å². The van der Waals surface area contributed by atoms with Gasteiger partial charge in [0.05, 0.1) is 11.2 Å². The van der Waals surface area contributed by atoms with Crippen LogP contribution in [0.5, 0.6) is 0 Å². The molecule has 0 aromatic heterocycles. The summed E-state index contributed by atoms with van der Waals surface area (Å²) in [6, 6.07) is 6.11. The number of amides is 1. The summed E-state index contributed by atoms with van der Waals surface area (Å²) in [6.45, 7) is 12.2. The maximum atomic E-state index is 11.1. The molecule has 1 aromatic carbocycles. The summed E-state index contributed by atoms with van der Waals surface area (Å²) in [5.74, 6) is -0.0320. The van der Waals surface area contributed by atoms with Gasteiger partial charge in [-0.05, 0) is 51.2 Å². The molecule has 0 bridgehead atoms. The topological polar surface area (TPSA) is 47.6 Å². The monoisotopic (exact) mass is 289 g/mol. The van der Waals surface area contributed by atoms with Crippen LogP contribution in [0, 0.1) is 6.92 Å². The smallest absolute Gasteiger partial charge is 0.399 e. The fourth-order valence-electron chi connectivity index (χ4n) is 2.23. The first kappa shape index (κ1) is 16.1. The minimum Gasteiger partial charge on any atom is -0.399 e. The summed E-state index contributed by atoms with van der Waals surface area (Å²) >= 11 is 0. The van der Waals surface area contributed by atoms with Gasteiger partial charge in [0.2, 0.25) is 5.91 Å². The third-order valence-electron chi connectivity index (χ3n) is 4.43. The van der Waals surface area contributed by atoms with Crippen LogP contribution in [0.2, 0.25) is 0 Å². The van der Waals surface area contributed by atoms with Gasteiger partial charge in [-0.15, -0.1) is 0 Å². The SMILES string of the molecule is CC(=O)NCc1cc(B2OC(C)(C)C(C)(C)O2)ccc1C. The summed E-state index contributed by atoms with van der Waals surface area (Å²) in [4.78, 5) is 11.1. The first-order valence-corrected chi connectivity index (χ1v) is 7.32. The second kappa shape index (κ2) is 5.46. The van der Waals surface area contributed by atoms with E-state index in [1.165, 1.54) is 6.92 Å². The lowest BCUT2D eigenvalue weighted by Crippen LogP contribution is -2.41. The Morgan fingerprint density at radius 1 is 1.19 bits per heavy atom. The van der Waals surface area contributed by atoms with Gasteiger partial charge < -0.3 is 14.6 Å². The van der Waals surface area contributed by atoms with Crippen molar-refractivity contribution in [1.29, 1.82) is 0 Å². The van der Waals surface area contributed by atoms with E-state index in [0.29, 0.717) is 6.54 Å². The van der Waals surface area contributed by atoms with Gasteiger partial charge in [0.1, 0.15) is 0 Å². The van der Waals surface area contributed by atoms with E-state index in [2.05, 4.69) is 5.32 Å². The van der Waals surface area contributed by atoms with Gasteiger partial charge in [-0.25, -0.2) is 0 Å². The first-order chi connectivity index (χ1) is 9.62. The van der Waals surface area contributed by atoms with Gasteiger partial charge in [0, 0.05) is 13.5 Å². The Hall–Kier alpha value is -1.33. The number of nitrogens with one attached hydrogen (secondary N) is 1. The highest BCUT2D eigenvalue weighted by Crippen LogP contribution is 2.36. The molecule has 114 valence electrons. The third kappa shape index (κ3) is 3.30. The molecule has 1 saturated heterocycles. The van der Waals surface area contributed by atoms with Gasteiger partial charge in [0.25, 0.3) is 0 Å². The number of carbonyl (C=O) groups is 1. The van der Waals surface area contributed by atoms with Crippen LogP contribution < -0.4 is 10.8 Å². The second-order valence-corrected chi connectivity index (χ2v) is 6.68. The average Bonchev–Trinajstić information content (AvgIpc) is 2.57. The highest BCUT2D eigenvalue weighted by Gasteiger charge is 2.51. The summed E-state index contributed by atoms with van der Waals surface area (Å²) in [6.07, 6.45) is 0. The van der Waals surface area contributed by atoms with Crippen LogP contribution in [-0.2, 0) is 20.6 Å². The molecule has 0 atom stereocenters. The molecule has 1 heterocycles. The average molecular weight is 289 g/mol. The normalized spacial score (nSPS) is 19.6. The summed E-state index contributed by atoms with van der Waals surface area (Å²) in [5.41, 5.74) is 2.52. The van der Waals surface area contributed by atoms with Crippen molar-refractivity contribution in [3.05, 3.63) is 29.3 Å². The van der Waals surface area contributed by atoms with Crippen molar-refractivity contribution in [3.63, 3.8) is 0 Å². The number of rotatable bonds is 3. The molecular formula is C16H24BNO3. The number of hydrogen-bond acceptors (Lipinski definition) is 3. The molecule has 4 nitrogen and oxygen atoms in total. The minimum atomic E-state index is -0.369. The van der Waals surface area contributed by atoms with Crippen LogP contribution in [0.1, 0.15) is 45.7 Å². The highest BCUT2D eigenvalue weighted by atomic mass is 16.7. The molecular weight excluding hydrogens is 265 g/mol. The predicted octanol–water partition coefficient (Wildman–Crippen LogP) is 1.93. The lowest BCUT2D eigenvalue weighted by Gasteiger charge is -2.32. The molecule has 1 aromatic rings. The standard InChI is InChI=1S/C16H24BNO3/c1-11-7-8-14(9-13(11)10-18-12(2)19)17-20-15(3,4)16(5,6)21-17/h7-9H,10H2,1-6H3,(H,18,19). The Balaban J connectivity index is 2.22. The predicted molar refractivity (Wildman–Crippen MR) is 84.4 cm³/mol.